The van der Waals surface area contributed by atoms with Crippen LogP contribution in [0.5, 0.6) is 0 Å². The topological polar surface area (TPSA) is 113 Å². The molecule has 1 rings (SSSR count). The Labute approximate surface area is 144 Å². The largest absolute Gasteiger partial charge is 0.480 e. The first kappa shape index (κ1) is 20.3. The van der Waals surface area contributed by atoms with Crippen LogP contribution in [0.15, 0.2) is 24.3 Å². The summed E-state index contributed by atoms with van der Waals surface area (Å²) in [5.41, 5.74) is 0.603. The van der Waals surface area contributed by atoms with Crippen molar-refractivity contribution in [3.8, 4) is 0 Å². The first-order valence-electron chi connectivity index (χ1n) is 7.73. The van der Waals surface area contributed by atoms with Crippen LogP contribution in [0.25, 0.3) is 0 Å². The Hall–Kier alpha value is -2.77. The monoisotopic (exact) mass is 352 g/mol. The summed E-state index contributed by atoms with van der Waals surface area (Å²) < 4.78 is 13.0. The molecule has 0 saturated heterocycles. The highest BCUT2D eigenvalue weighted by atomic mass is 19.1. The van der Waals surface area contributed by atoms with E-state index >= 15 is 0 Å². The fourth-order valence-electron chi connectivity index (χ4n) is 2.19. The van der Waals surface area contributed by atoms with Crippen molar-refractivity contribution in [2.45, 2.75) is 45.2 Å². The van der Waals surface area contributed by atoms with Crippen molar-refractivity contribution >= 4 is 23.6 Å². The minimum Gasteiger partial charge on any atom is -0.480 e. The molecule has 0 aliphatic rings. The maximum Gasteiger partial charge on any atom is 0.326 e. The Kier molecular flexibility index (Phi) is 7.71. The van der Waals surface area contributed by atoms with Gasteiger partial charge in [0.25, 0.3) is 0 Å². The first-order valence-corrected chi connectivity index (χ1v) is 7.73. The third-order valence-corrected chi connectivity index (χ3v) is 3.45. The summed E-state index contributed by atoms with van der Waals surface area (Å²) in [6.45, 7) is 2.56. The SMILES string of the molecule is CC(=O)CC[C@@H](NC(=O)[C@@H](Cc1ccc(F)cc1)NC(C)=O)C(=O)O. The molecule has 0 bridgehead atoms. The second kappa shape index (κ2) is 9.51. The number of benzene rings is 1. The zero-order valence-corrected chi connectivity index (χ0v) is 14.0. The van der Waals surface area contributed by atoms with E-state index in [0.29, 0.717) is 5.56 Å². The fourth-order valence-corrected chi connectivity index (χ4v) is 2.19. The summed E-state index contributed by atoms with van der Waals surface area (Å²) >= 11 is 0. The van der Waals surface area contributed by atoms with E-state index < -0.39 is 35.7 Å². The highest BCUT2D eigenvalue weighted by molar-refractivity contribution is 5.90. The van der Waals surface area contributed by atoms with E-state index in [-0.39, 0.29) is 25.0 Å². The van der Waals surface area contributed by atoms with Gasteiger partial charge in [-0.25, -0.2) is 9.18 Å². The third kappa shape index (κ3) is 7.56. The van der Waals surface area contributed by atoms with Crippen LogP contribution in [0.1, 0.15) is 32.3 Å². The molecular formula is C17H21FN2O5. The highest BCUT2D eigenvalue weighted by Crippen LogP contribution is 2.07. The second-order valence-corrected chi connectivity index (χ2v) is 5.72. The van der Waals surface area contributed by atoms with Crippen LogP contribution in [0.4, 0.5) is 4.39 Å². The molecule has 136 valence electrons. The lowest BCUT2D eigenvalue weighted by molar-refractivity contribution is -0.142. The lowest BCUT2D eigenvalue weighted by Gasteiger charge is -2.21. The minimum atomic E-state index is -1.27. The molecule has 3 N–H and O–H groups in total. The Bertz CT molecular complexity index is 645. The van der Waals surface area contributed by atoms with Crippen LogP contribution in [0, 0.1) is 5.82 Å². The average molecular weight is 352 g/mol. The normalized spacial score (nSPS) is 12.8. The van der Waals surface area contributed by atoms with Crippen molar-refractivity contribution in [1.82, 2.24) is 10.6 Å². The van der Waals surface area contributed by atoms with Crippen molar-refractivity contribution in [3.05, 3.63) is 35.6 Å². The number of carbonyl (C=O) groups is 4. The third-order valence-electron chi connectivity index (χ3n) is 3.45. The molecular weight excluding hydrogens is 331 g/mol. The van der Waals surface area contributed by atoms with E-state index in [0.717, 1.165) is 0 Å². The fraction of sp³-hybridized carbons (Fsp3) is 0.412. The highest BCUT2D eigenvalue weighted by Gasteiger charge is 2.26. The van der Waals surface area contributed by atoms with Crippen LogP contribution >= 0.6 is 0 Å². The Morgan fingerprint density at radius 1 is 1.04 bits per heavy atom. The predicted octanol–water partition coefficient (Wildman–Crippen LogP) is 0.811. The Morgan fingerprint density at radius 3 is 2.12 bits per heavy atom. The Balaban J connectivity index is 2.83. The van der Waals surface area contributed by atoms with Crippen molar-refractivity contribution in [3.63, 3.8) is 0 Å². The van der Waals surface area contributed by atoms with Crippen LogP contribution in [0.2, 0.25) is 0 Å². The Morgan fingerprint density at radius 2 is 1.64 bits per heavy atom. The number of rotatable bonds is 9. The molecule has 0 radical (unpaired) electrons. The van der Waals surface area contributed by atoms with Gasteiger partial charge in [-0.3, -0.25) is 9.59 Å². The number of carboxylic acid groups (broad SMARTS) is 1. The number of halogens is 1. The maximum absolute atomic E-state index is 13.0. The summed E-state index contributed by atoms with van der Waals surface area (Å²) in [4.78, 5) is 45.9. The molecule has 25 heavy (non-hydrogen) atoms. The molecule has 0 heterocycles. The van der Waals surface area contributed by atoms with Crippen molar-refractivity contribution in [2.24, 2.45) is 0 Å². The van der Waals surface area contributed by atoms with Gasteiger partial charge in [-0.2, -0.15) is 0 Å². The number of Topliss-reactive ketones (excluding diaryl/α,β-unsaturated/α-hetero) is 1. The van der Waals surface area contributed by atoms with Gasteiger partial charge in [0.15, 0.2) is 0 Å². The molecule has 0 aromatic heterocycles. The quantitative estimate of drug-likeness (QED) is 0.609. The van der Waals surface area contributed by atoms with E-state index in [4.69, 9.17) is 5.11 Å². The van der Waals surface area contributed by atoms with Crippen molar-refractivity contribution in [1.29, 1.82) is 0 Å². The van der Waals surface area contributed by atoms with Gasteiger partial charge < -0.3 is 20.5 Å². The van der Waals surface area contributed by atoms with Crippen molar-refractivity contribution < 1.29 is 28.7 Å². The molecule has 0 aliphatic heterocycles. The molecule has 0 unspecified atom stereocenters. The van der Waals surface area contributed by atoms with E-state index in [1.54, 1.807) is 0 Å². The number of ketones is 1. The van der Waals surface area contributed by atoms with Gasteiger partial charge in [0.2, 0.25) is 11.8 Å². The van der Waals surface area contributed by atoms with Crippen molar-refractivity contribution in [2.75, 3.05) is 0 Å². The van der Waals surface area contributed by atoms with Gasteiger partial charge in [-0.1, -0.05) is 12.1 Å². The zero-order valence-electron chi connectivity index (χ0n) is 14.0. The smallest absolute Gasteiger partial charge is 0.326 e. The molecule has 0 spiro atoms. The molecule has 0 saturated carbocycles. The summed E-state index contributed by atoms with van der Waals surface area (Å²) in [6, 6.07) is 3.16. The standard InChI is InChI=1S/C17H21FN2O5/c1-10(21)3-8-14(17(24)25)20-16(23)15(19-11(2)22)9-12-4-6-13(18)7-5-12/h4-7,14-15H,3,8-9H2,1-2H3,(H,19,22)(H,20,23)(H,24,25)/t14-,15-/m1/s1. The van der Waals surface area contributed by atoms with Crippen LogP contribution in [0.3, 0.4) is 0 Å². The molecule has 0 aliphatic carbocycles. The summed E-state index contributed by atoms with van der Waals surface area (Å²) in [5.74, 6) is -3.03. The van der Waals surface area contributed by atoms with Crippen LogP contribution in [-0.4, -0.2) is 40.8 Å². The molecule has 8 heteroatoms. The molecule has 7 nitrogen and oxygen atoms in total. The summed E-state index contributed by atoms with van der Waals surface area (Å²) in [6.07, 6.45) is 0.0461. The maximum atomic E-state index is 13.0. The minimum absolute atomic E-state index is 0.0139. The van der Waals surface area contributed by atoms with E-state index in [1.165, 1.54) is 38.1 Å². The van der Waals surface area contributed by atoms with Gasteiger partial charge in [-0.05, 0) is 31.0 Å². The summed E-state index contributed by atoms with van der Waals surface area (Å²) in [5, 5.41) is 13.9. The number of hydrogen-bond acceptors (Lipinski definition) is 4. The molecule has 1 aromatic carbocycles. The second-order valence-electron chi connectivity index (χ2n) is 5.72. The van der Waals surface area contributed by atoms with E-state index in [2.05, 4.69) is 10.6 Å². The van der Waals surface area contributed by atoms with Gasteiger partial charge in [0, 0.05) is 19.8 Å². The zero-order chi connectivity index (χ0) is 19.0. The number of carbonyl (C=O) groups excluding carboxylic acids is 3. The molecule has 0 fully saturated rings. The number of nitrogens with one attached hydrogen (secondary N) is 2. The lowest BCUT2D eigenvalue weighted by Crippen LogP contribution is -2.52. The van der Waals surface area contributed by atoms with Gasteiger partial charge in [0.1, 0.15) is 23.7 Å². The number of carboxylic acids is 1. The lowest BCUT2D eigenvalue weighted by atomic mass is 10.0. The van der Waals surface area contributed by atoms with E-state index in [9.17, 15) is 23.6 Å². The first-order chi connectivity index (χ1) is 11.7. The molecule has 2 atom stereocenters. The number of hydrogen-bond donors (Lipinski definition) is 3. The van der Waals surface area contributed by atoms with Crippen LogP contribution in [-0.2, 0) is 25.6 Å². The number of aliphatic carboxylic acids is 1. The summed E-state index contributed by atoms with van der Waals surface area (Å²) in [7, 11) is 0. The predicted molar refractivity (Wildman–Crippen MR) is 87.2 cm³/mol. The van der Waals surface area contributed by atoms with E-state index in [1.807, 2.05) is 0 Å². The molecule has 1 aromatic rings. The average Bonchev–Trinajstić information content (AvgIpc) is 2.51. The van der Waals surface area contributed by atoms with Crippen LogP contribution < -0.4 is 10.6 Å². The molecule has 2 amide bonds. The van der Waals surface area contributed by atoms with Gasteiger partial charge >= 0.3 is 5.97 Å². The number of amides is 2. The van der Waals surface area contributed by atoms with Gasteiger partial charge in [0.05, 0.1) is 0 Å². The van der Waals surface area contributed by atoms with Gasteiger partial charge in [-0.15, -0.1) is 0 Å².